The van der Waals surface area contributed by atoms with Gasteiger partial charge in [0.1, 0.15) is 0 Å². The maximum atomic E-state index is 11.4. The highest BCUT2D eigenvalue weighted by atomic mass is 16.7. The number of piperidine rings is 1. The molecule has 1 aliphatic heterocycles. The van der Waals surface area contributed by atoms with Gasteiger partial charge in [-0.25, -0.2) is 0 Å². The van der Waals surface area contributed by atoms with E-state index in [0.717, 1.165) is 32.1 Å². The van der Waals surface area contributed by atoms with Gasteiger partial charge in [-0.3, -0.25) is 9.63 Å². The Hall–Kier alpha value is -1.12. The van der Waals surface area contributed by atoms with Gasteiger partial charge in [0.05, 0.1) is 12.0 Å². The van der Waals surface area contributed by atoms with Crippen molar-refractivity contribution in [3.63, 3.8) is 0 Å². The minimum Gasteiger partial charge on any atom is -0.481 e. The third-order valence-electron chi connectivity index (χ3n) is 5.07. The Morgan fingerprint density at radius 2 is 1.64 bits per heavy atom. The van der Waals surface area contributed by atoms with Gasteiger partial charge in [-0.2, -0.15) is 10.3 Å². The normalized spacial score (nSPS) is 28.0. The zero-order valence-corrected chi connectivity index (χ0v) is 14.2. The van der Waals surface area contributed by atoms with Crippen molar-refractivity contribution in [3.05, 3.63) is 0 Å². The maximum absolute atomic E-state index is 11.4. The fraction of sp³-hybridized carbons (Fsp3) is 0.882. The van der Waals surface area contributed by atoms with Gasteiger partial charge in [0.2, 0.25) is 0 Å². The summed E-state index contributed by atoms with van der Waals surface area (Å²) in [5, 5.41) is 21.0. The zero-order chi connectivity index (χ0) is 16.6. The van der Waals surface area contributed by atoms with Crippen LogP contribution in [0.3, 0.4) is 0 Å². The highest BCUT2D eigenvalue weighted by molar-refractivity contribution is 5.70. The molecule has 1 heterocycles. The number of nitrogens with zero attached hydrogens (tertiary/aromatic N) is 2. The van der Waals surface area contributed by atoms with E-state index < -0.39 is 22.6 Å². The van der Waals surface area contributed by atoms with Crippen LogP contribution in [-0.2, 0) is 9.63 Å². The molecule has 0 bridgehead atoms. The van der Waals surface area contributed by atoms with E-state index in [4.69, 9.17) is 4.84 Å². The lowest BCUT2D eigenvalue weighted by atomic mass is 9.75. The first-order valence-corrected chi connectivity index (χ1v) is 8.25. The van der Waals surface area contributed by atoms with Crippen LogP contribution in [0.5, 0.6) is 0 Å². The number of carbonyl (C=O) groups is 1. The van der Waals surface area contributed by atoms with Crippen molar-refractivity contribution in [1.29, 1.82) is 5.26 Å². The van der Waals surface area contributed by atoms with E-state index in [-0.39, 0.29) is 5.92 Å². The summed E-state index contributed by atoms with van der Waals surface area (Å²) < 4.78 is 0. The average molecular weight is 308 g/mol. The minimum absolute atomic E-state index is 0.366. The molecule has 5 nitrogen and oxygen atoms in total. The second kappa shape index (κ2) is 5.82. The molecule has 2 fully saturated rings. The predicted molar refractivity (Wildman–Crippen MR) is 82.9 cm³/mol. The summed E-state index contributed by atoms with van der Waals surface area (Å²) in [6.45, 7) is 8.05. The van der Waals surface area contributed by atoms with Crippen LogP contribution in [0.25, 0.3) is 0 Å². The van der Waals surface area contributed by atoms with Gasteiger partial charge in [0.15, 0.2) is 5.60 Å². The van der Waals surface area contributed by atoms with Crippen LogP contribution >= 0.6 is 0 Å². The second-order valence-corrected chi connectivity index (χ2v) is 8.12. The summed E-state index contributed by atoms with van der Waals surface area (Å²) in [5.74, 6) is -1.11. The molecule has 0 unspecified atom stereocenters. The van der Waals surface area contributed by atoms with Crippen LogP contribution in [0.4, 0.5) is 0 Å². The summed E-state index contributed by atoms with van der Waals surface area (Å²) >= 11 is 0. The van der Waals surface area contributed by atoms with Crippen LogP contribution in [0.2, 0.25) is 0 Å². The van der Waals surface area contributed by atoms with Gasteiger partial charge in [0, 0.05) is 11.1 Å². The van der Waals surface area contributed by atoms with Crippen molar-refractivity contribution < 1.29 is 14.7 Å². The molecule has 0 amide bonds. The largest absolute Gasteiger partial charge is 0.481 e. The van der Waals surface area contributed by atoms with Crippen LogP contribution in [0.1, 0.15) is 72.6 Å². The van der Waals surface area contributed by atoms with E-state index in [1.807, 2.05) is 32.8 Å². The molecule has 1 saturated heterocycles. The number of carboxylic acids is 1. The number of rotatable bonds is 3. The quantitative estimate of drug-likeness (QED) is 0.863. The number of hydroxylamine groups is 2. The molecule has 124 valence electrons. The van der Waals surface area contributed by atoms with Crippen molar-refractivity contribution in [2.45, 2.75) is 89.3 Å². The Kier molecular flexibility index (Phi) is 4.56. The van der Waals surface area contributed by atoms with Crippen molar-refractivity contribution >= 4 is 5.97 Å². The number of hydrogen-bond donors (Lipinski definition) is 1. The van der Waals surface area contributed by atoms with E-state index in [1.54, 1.807) is 0 Å². The molecule has 0 radical (unpaired) electrons. The zero-order valence-electron chi connectivity index (χ0n) is 14.2. The molecular weight excluding hydrogens is 280 g/mol. The van der Waals surface area contributed by atoms with E-state index in [0.29, 0.717) is 12.8 Å². The molecule has 5 heteroatoms. The third-order valence-corrected chi connectivity index (χ3v) is 5.07. The minimum atomic E-state index is -0.747. The van der Waals surface area contributed by atoms with Crippen molar-refractivity contribution in [2.75, 3.05) is 0 Å². The summed E-state index contributed by atoms with van der Waals surface area (Å²) in [4.78, 5) is 17.7. The molecule has 1 aliphatic carbocycles. The van der Waals surface area contributed by atoms with Gasteiger partial charge in [-0.05, 0) is 66.2 Å². The molecular formula is C17H28N2O3. The first kappa shape index (κ1) is 17.2. The van der Waals surface area contributed by atoms with Crippen molar-refractivity contribution in [1.82, 2.24) is 5.06 Å². The highest BCUT2D eigenvalue weighted by Gasteiger charge is 2.51. The van der Waals surface area contributed by atoms with Crippen LogP contribution < -0.4 is 0 Å². The molecule has 2 aliphatic rings. The topological polar surface area (TPSA) is 73.6 Å². The van der Waals surface area contributed by atoms with E-state index in [9.17, 15) is 15.2 Å². The van der Waals surface area contributed by atoms with Gasteiger partial charge in [-0.1, -0.05) is 6.42 Å². The Bertz CT molecular complexity index is 455. The Labute approximate surface area is 133 Å². The van der Waals surface area contributed by atoms with E-state index >= 15 is 0 Å². The summed E-state index contributed by atoms with van der Waals surface area (Å²) in [5.41, 5.74) is -1.57. The fourth-order valence-electron chi connectivity index (χ4n) is 4.21. The smallest absolute Gasteiger partial charge is 0.306 e. The van der Waals surface area contributed by atoms with Crippen molar-refractivity contribution in [2.24, 2.45) is 5.92 Å². The lowest BCUT2D eigenvalue weighted by molar-refractivity contribution is -0.332. The summed E-state index contributed by atoms with van der Waals surface area (Å²) in [6.07, 6.45) is 5.77. The Morgan fingerprint density at radius 1 is 1.14 bits per heavy atom. The van der Waals surface area contributed by atoms with Crippen LogP contribution in [0, 0.1) is 17.2 Å². The lowest BCUT2D eigenvalue weighted by Crippen LogP contribution is -2.63. The van der Waals surface area contributed by atoms with Crippen LogP contribution in [0.15, 0.2) is 0 Å². The molecule has 0 aromatic heterocycles. The van der Waals surface area contributed by atoms with E-state index in [1.165, 1.54) is 0 Å². The maximum Gasteiger partial charge on any atom is 0.306 e. The standard InChI is InChI=1S/C17H28N2O3/c1-15(2)10-13(14(20)21)11-16(3,4)19(15)22-17(12-18)8-6-5-7-9-17/h13H,5-11H2,1-4H3,(H,20,21). The van der Waals surface area contributed by atoms with E-state index in [2.05, 4.69) is 6.07 Å². The molecule has 0 spiro atoms. The SMILES string of the molecule is CC1(C)CC(C(=O)O)CC(C)(C)N1OC1(C#N)CCCCC1. The molecule has 0 aromatic rings. The second-order valence-electron chi connectivity index (χ2n) is 8.12. The van der Waals surface area contributed by atoms with Crippen molar-refractivity contribution in [3.8, 4) is 6.07 Å². The lowest BCUT2D eigenvalue weighted by Gasteiger charge is -2.55. The average Bonchev–Trinajstić information content (AvgIpc) is 2.43. The van der Waals surface area contributed by atoms with Gasteiger partial charge < -0.3 is 5.11 Å². The molecule has 1 saturated carbocycles. The van der Waals surface area contributed by atoms with Gasteiger partial charge in [0.25, 0.3) is 0 Å². The molecule has 22 heavy (non-hydrogen) atoms. The number of carboxylic acid groups (broad SMARTS) is 1. The molecule has 0 aromatic carbocycles. The highest BCUT2D eigenvalue weighted by Crippen LogP contribution is 2.45. The summed E-state index contributed by atoms with van der Waals surface area (Å²) in [6, 6.07) is 2.39. The Morgan fingerprint density at radius 3 is 2.05 bits per heavy atom. The molecule has 0 atom stereocenters. The first-order chi connectivity index (χ1) is 10.1. The van der Waals surface area contributed by atoms with Gasteiger partial charge in [-0.15, -0.1) is 0 Å². The fourth-order valence-corrected chi connectivity index (χ4v) is 4.21. The first-order valence-electron chi connectivity index (χ1n) is 8.25. The Balaban J connectivity index is 2.25. The number of nitriles is 1. The molecule has 2 rings (SSSR count). The van der Waals surface area contributed by atoms with Crippen LogP contribution in [-0.4, -0.2) is 32.8 Å². The summed E-state index contributed by atoms with van der Waals surface area (Å²) in [7, 11) is 0. The monoisotopic (exact) mass is 308 g/mol. The third kappa shape index (κ3) is 3.28. The van der Waals surface area contributed by atoms with Gasteiger partial charge >= 0.3 is 5.97 Å². The number of hydrogen-bond acceptors (Lipinski definition) is 4. The number of aliphatic carboxylic acids is 1. The molecule has 1 N–H and O–H groups in total. The predicted octanol–water partition coefficient (Wildman–Crippen LogP) is 3.50.